The Morgan fingerprint density at radius 3 is 2.94 bits per heavy atom. The zero-order chi connectivity index (χ0) is 13.3. The number of terminal acetylenes is 1. The Morgan fingerprint density at radius 1 is 1.56 bits per heavy atom. The summed E-state index contributed by atoms with van der Waals surface area (Å²) in [5.74, 6) is 2.72. The molecule has 2 rings (SSSR count). The second-order valence-corrected chi connectivity index (χ2v) is 6.30. The first-order valence-electron chi connectivity index (χ1n) is 6.82. The van der Waals surface area contributed by atoms with E-state index in [0.717, 1.165) is 32.2 Å². The molecule has 0 amide bonds. The van der Waals surface area contributed by atoms with E-state index in [1.54, 1.807) is 0 Å². The molecule has 0 radical (unpaired) electrons. The molecule has 0 aliphatic heterocycles. The average molecular weight is 244 g/mol. The number of nitrogens with zero attached hydrogens (tertiary/aromatic N) is 1. The van der Waals surface area contributed by atoms with Crippen molar-refractivity contribution in [2.75, 3.05) is 0 Å². The van der Waals surface area contributed by atoms with Crippen LogP contribution in [0, 0.1) is 24.7 Å². The molecule has 1 aliphatic rings. The molecule has 0 saturated carbocycles. The van der Waals surface area contributed by atoms with Crippen molar-refractivity contribution in [3.05, 3.63) is 23.0 Å². The lowest BCUT2D eigenvalue weighted by Gasteiger charge is -2.34. The predicted molar refractivity (Wildman–Crippen MR) is 76.3 cm³/mol. The van der Waals surface area contributed by atoms with Gasteiger partial charge in [0.15, 0.2) is 0 Å². The molecule has 0 fully saturated rings. The van der Waals surface area contributed by atoms with E-state index in [4.69, 9.17) is 12.2 Å². The third-order valence-corrected chi connectivity index (χ3v) is 3.97. The van der Waals surface area contributed by atoms with E-state index in [1.165, 1.54) is 17.0 Å². The third-order valence-electron chi connectivity index (χ3n) is 3.97. The number of fused-ring (bicyclic) bond motifs is 1. The molecule has 98 valence electrons. The second kappa shape index (κ2) is 4.82. The summed E-state index contributed by atoms with van der Waals surface area (Å²) in [5, 5.41) is 0. The first-order valence-corrected chi connectivity index (χ1v) is 6.82. The minimum Gasteiger partial charge on any atom is -0.348 e. The van der Waals surface area contributed by atoms with Gasteiger partial charge in [-0.25, -0.2) is 0 Å². The Morgan fingerprint density at radius 2 is 2.28 bits per heavy atom. The van der Waals surface area contributed by atoms with Crippen LogP contribution in [0.15, 0.2) is 6.07 Å². The summed E-state index contributed by atoms with van der Waals surface area (Å²) >= 11 is 0. The van der Waals surface area contributed by atoms with Gasteiger partial charge >= 0.3 is 0 Å². The molecule has 2 nitrogen and oxygen atoms in total. The Balaban J connectivity index is 2.30. The van der Waals surface area contributed by atoms with Crippen molar-refractivity contribution in [2.45, 2.75) is 59.0 Å². The Bertz CT molecular complexity index is 474. The zero-order valence-electron chi connectivity index (χ0n) is 11.8. The van der Waals surface area contributed by atoms with Gasteiger partial charge in [0.25, 0.3) is 0 Å². The van der Waals surface area contributed by atoms with Gasteiger partial charge in [0.2, 0.25) is 0 Å². The van der Waals surface area contributed by atoms with Crippen molar-refractivity contribution >= 4 is 0 Å². The Labute approximate surface area is 111 Å². The van der Waals surface area contributed by atoms with Crippen LogP contribution >= 0.6 is 0 Å². The van der Waals surface area contributed by atoms with Crippen LogP contribution in [0.3, 0.4) is 0 Å². The summed E-state index contributed by atoms with van der Waals surface area (Å²) < 4.78 is 2.42. The van der Waals surface area contributed by atoms with Crippen LogP contribution < -0.4 is 5.73 Å². The van der Waals surface area contributed by atoms with Crippen molar-refractivity contribution < 1.29 is 0 Å². The minimum absolute atomic E-state index is 0.191. The van der Waals surface area contributed by atoms with E-state index in [-0.39, 0.29) is 6.04 Å². The van der Waals surface area contributed by atoms with Crippen LogP contribution in [0.4, 0.5) is 0 Å². The average Bonchev–Trinajstić information content (AvgIpc) is 2.56. The van der Waals surface area contributed by atoms with Gasteiger partial charge in [-0.1, -0.05) is 13.8 Å². The molecular weight excluding hydrogens is 220 g/mol. The maximum Gasteiger partial charge on any atom is 0.0318 e. The molecule has 1 heterocycles. The summed E-state index contributed by atoms with van der Waals surface area (Å²) in [6.45, 7) is 7.82. The first kappa shape index (κ1) is 13.2. The van der Waals surface area contributed by atoms with Crippen molar-refractivity contribution in [1.82, 2.24) is 4.57 Å². The lowest BCUT2D eigenvalue weighted by molar-refractivity contribution is 0.274. The van der Waals surface area contributed by atoms with E-state index in [0.29, 0.717) is 5.41 Å². The number of hydrogen-bond donors (Lipinski definition) is 1. The fraction of sp³-hybridized carbons (Fsp3) is 0.625. The molecule has 2 heteroatoms. The van der Waals surface area contributed by atoms with Crippen LogP contribution in [0.5, 0.6) is 0 Å². The summed E-state index contributed by atoms with van der Waals surface area (Å²) in [5.41, 5.74) is 10.7. The number of nitrogens with two attached hydrogens (primary N) is 1. The maximum absolute atomic E-state index is 6.31. The van der Waals surface area contributed by atoms with Crippen LogP contribution in [-0.4, -0.2) is 4.57 Å². The molecule has 0 saturated heterocycles. The van der Waals surface area contributed by atoms with Gasteiger partial charge in [0.05, 0.1) is 0 Å². The van der Waals surface area contributed by atoms with Gasteiger partial charge in [-0.3, -0.25) is 0 Å². The molecule has 1 aromatic rings. The molecule has 1 aromatic heterocycles. The van der Waals surface area contributed by atoms with Crippen LogP contribution in [0.2, 0.25) is 0 Å². The topological polar surface area (TPSA) is 30.9 Å². The smallest absolute Gasteiger partial charge is 0.0318 e. The van der Waals surface area contributed by atoms with Crippen molar-refractivity contribution in [2.24, 2.45) is 11.1 Å². The quantitative estimate of drug-likeness (QED) is 0.642. The Kier molecular flexibility index (Phi) is 3.54. The number of rotatable bonds is 3. The van der Waals surface area contributed by atoms with Gasteiger partial charge in [0.1, 0.15) is 0 Å². The zero-order valence-corrected chi connectivity index (χ0v) is 11.8. The number of hydrogen-bond acceptors (Lipinski definition) is 1. The lowest BCUT2D eigenvalue weighted by Crippen LogP contribution is -2.30. The van der Waals surface area contributed by atoms with E-state index in [9.17, 15) is 0 Å². The monoisotopic (exact) mass is 244 g/mol. The molecular formula is C16H24N2. The van der Waals surface area contributed by atoms with E-state index in [1.807, 2.05) is 0 Å². The minimum atomic E-state index is 0.191. The fourth-order valence-electron chi connectivity index (χ4n) is 3.15. The van der Waals surface area contributed by atoms with Gasteiger partial charge in [-0.2, -0.15) is 0 Å². The highest BCUT2D eigenvalue weighted by atomic mass is 15.0. The molecule has 2 N–H and O–H groups in total. The number of aryl methyl sites for hydroxylation is 1. The molecule has 0 spiro atoms. The van der Waals surface area contributed by atoms with E-state index in [2.05, 4.69) is 37.3 Å². The summed E-state index contributed by atoms with van der Waals surface area (Å²) in [4.78, 5) is 0. The first-order chi connectivity index (χ1) is 8.44. The van der Waals surface area contributed by atoms with Crippen molar-refractivity contribution in [1.29, 1.82) is 0 Å². The van der Waals surface area contributed by atoms with E-state index >= 15 is 0 Å². The highest BCUT2D eigenvalue weighted by Crippen LogP contribution is 2.40. The summed E-state index contributed by atoms with van der Waals surface area (Å²) in [7, 11) is 0. The van der Waals surface area contributed by atoms with Gasteiger partial charge in [-0.05, 0) is 43.2 Å². The Hall–Kier alpha value is -1.20. The second-order valence-electron chi connectivity index (χ2n) is 6.30. The molecule has 0 bridgehead atoms. The fourth-order valence-corrected chi connectivity index (χ4v) is 3.15. The van der Waals surface area contributed by atoms with Gasteiger partial charge in [-0.15, -0.1) is 12.3 Å². The standard InChI is InChI=1S/C16H24N2/c1-5-6-7-8-18-12(2)9-13-14(17)10-16(3,4)11-15(13)18/h1,9,14H,6-8,10-11,17H2,2-4H3. The SMILES string of the molecule is C#CCCCn1c(C)cc2c1CC(C)(C)CC2N. The number of aromatic nitrogens is 1. The van der Waals surface area contributed by atoms with Crippen LogP contribution in [-0.2, 0) is 13.0 Å². The van der Waals surface area contributed by atoms with Crippen molar-refractivity contribution in [3.63, 3.8) is 0 Å². The highest BCUT2D eigenvalue weighted by Gasteiger charge is 2.32. The normalized spacial score (nSPS) is 21.4. The van der Waals surface area contributed by atoms with Gasteiger partial charge in [0, 0.05) is 30.4 Å². The van der Waals surface area contributed by atoms with Crippen LogP contribution in [0.1, 0.15) is 56.1 Å². The van der Waals surface area contributed by atoms with Gasteiger partial charge < -0.3 is 10.3 Å². The summed E-state index contributed by atoms with van der Waals surface area (Å²) in [6, 6.07) is 2.46. The molecule has 0 aromatic carbocycles. The molecule has 18 heavy (non-hydrogen) atoms. The molecule has 1 unspecified atom stereocenters. The third kappa shape index (κ3) is 2.47. The number of unbranched alkanes of at least 4 members (excludes halogenated alkanes) is 1. The maximum atomic E-state index is 6.31. The van der Waals surface area contributed by atoms with Crippen LogP contribution in [0.25, 0.3) is 0 Å². The van der Waals surface area contributed by atoms with E-state index < -0.39 is 0 Å². The predicted octanol–water partition coefficient (Wildman–Crippen LogP) is 3.18. The molecule has 1 aliphatic carbocycles. The molecule has 1 atom stereocenters. The highest BCUT2D eigenvalue weighted by molar-refractivity contribution is 5.34. The summed E-state index contributed by atoms with van der Waals surface area (Å²) in [6.07, 6.45) is 9.43. The van der Waals surface area contributed by atoms with Crippen molar-refractivity contribution in [3.8, 4) is 12.3 Å². The largest absolute Gasteiger partial charge is 0.348 e. The lowest BCUT2D eigenvalue weighted by atomic mass is 9.74.